The SMILES string of the molecule is O=C(CN1CCCCC1)NNC1=NCCCS1. The van der Waals surface area contributed by atoms with Crippen LogP contribution in [0.1, 0.15) is 25.7 Å². The van der Waals surface area contributed by atoms with Crippen LogP contribution >= 0.6 is 11.8 Å². The minimum absolute atomic E-state index is 0.0285. The van der Waals surface area contributed by atoms with Crippen molar-refractivity contribution in [3.05, 3.63) is 0 Å². The first kappa shape index (κ1) is 12.7. The lowest BCUT2D eigenvalue weighted by molar-refractivity contribution is -0.123. The average Bonchev–Trinajstić information content (AvgIpc) is 2.39. The van der Waals surface area contributed by atoms with Gasteiger partial charge in [0.05, 0.1) is 6.54 Å². The number of amides is 1. The van der Waals surface area contributed by atoms with Crippen LogP contribution in [0.25, 0.3) is 0 Å². The molecule has 5 nitrogen and oxygen atoms in total. The zero-order valence-corrected chi connectivity index (χ0v) is 10.9. The highest BCUT2D eigenvalue weighted by molar-refractivity contribution is 8.13. The molecule has 0 bridgehead atoms. The summed E-state index contributed by atoms with van der Waals surface area (Å²) in [5.74, 6) is 1.11. The maximum Gasteiger partial charge on any atom is 0.252 e. The van der Waals surface area contributed by atoms with Crippen LogP contribution in [0.4, 0.5) is 0 Å². The number of hydrazine groups is 1. The molecule has 2 rings (SSSR count). The second-order valence-corrected chi connectivity index (χ2v) is 5.48. The van der Waals surface area contributed by atoms with E-state index in [-0.39, 0.29) is 5.91 Å². The molecule has 1 amide bonds. The third-order valence-corrected chi connectivity index (χ3v) is 3.92. The third-order valence-electron chi connectivity index (χ3n) is 2.92. The number of carbonyl (C=O) groups is 1. The van der Waals surface area contributed by atoms with Crippen molar-refractivity contribution in [3.63, 3.8) is 0 Å². The molecule has 0 aromatic carbocycles. The number of hydrogen-bond donors (Lipinski definition) is 2. The molecule has 1 saturated heterocycles. The Hall–Kier alpha value is -0.750. The van der Waals surface area contributed by atoms with Gasteiger partial charge in [0.15, 0.2) is 5.17 Å². The fraction of sp³-hybridized carbons (Fsp3) is 0.818. The lowest BCUT2D eigenvalue weighted by Crippen LogP contribution is -2.47. The summed E-state index contributed by atoms with van der Waals surface area (Å²) in [4.78, 5) is 18.2. The van der Waals surface area contributed by atoms with Crippen molar-refractivity contribution in [2.24, 2.45) is 4.99 Å². The van der Waals surface area contributed by atoms with Crippen molar-refractivity contribution < 1.29 is 4.79 Å². The van der Waals surface area contributed by atoms with E-state index < -0.39 is 0 Å². The van der Waals surface area contributed by atoms with E-state index >= 15 is 0 Å². The van der Waals surface area contributed by atoms with Crippen molar-refractivity contribution in [1.29, 1.82) is 0 Å². The summed E-state index contributed by atoms with van der Waals surface area (Å²) in [6, 6.07) is 0. The Kier molecular flexibility index (Phi) is 5.12. The first-order valence-corrected chi connectivity index (χ1v) is 7.27. The van der Waals surface area contributed by atoms with Crippen LogP contribution in [0, 0.1) is 0 Å². The Labute approximate surface area is 106 Å². The zero-order valence-electron chi connectivity index (χ0n) is 10.1. The molecule has 96 valence electrons. The van der Waals surface area contributed by atoms with Crippen LogP contribution < -0.4 is 10.9 Å². The van der Waals surface area contributed by atoms with Gasteiger partial charge < -0.3 is 0 Å². The predicted octanol–water partition coefficient (Wildman–Crippen LogP) is 0.586. The van der Waals surface area contributed by atoms with E-state index in [1.54, 1.807) is 11.8 Å². The number of piperidine rings is 1. The average molecular weight is 256 g/mol. The van der Waals surface area contributed by atoms with Gasteiger partial charge in [-0.2, -0.15) is 0 Å². The third kappa shape index (κ3) is 4.55. The first-order valence-electron chi connectivity index (χ1n) is 6.29. The van der Waals surface area contributed by atoms with Crippen molar-refractivity contribution in [1.82, 2.24) is 15.8 Å². The molecule has 2 aliphatic rings. The van der Waals surface area contributed by atoms with Gasteiger partial charge in [-0.3, -0.25) is 25.5 Å². The van der Waals surface area contributed by atoms with Gasteiger partial charge in [-0.05, 0) is 32.4 Å². The van der Waals surface area contributed by atoms with Crippen LogP contribution in [0.5, 0.6) is 0 Å². The maximum absolute atomic E-state index is 11.7. The van der Waals surface area contributed by atoms with Gasteiger partial charge in [0, 0.05) is 12.3 Å². The van der Waals surface area contributed by atoms with E-state index in [4.69, 9.17) is 0 Å². The van der Waals surface area contributed by atoms with Crippen molar-refractivity contribution in [2.45, 2.75) is 25.7 Å². The second kappa shape index (κ2) is 6.86. The molecule has 2 aliphatic heterocycles. The van der Waals surface area contributed by atoms with Crippen molar-refractivity contribution in [3.8, 4) is 0 Å². The van der Waals surface area contributed by atoms with Crippen molar-refractivity contribution >= 4 is 22.8 Å². The number of rotatable bonds is 2. The number of carbonyl (C=O) groups excluding carboxylic acids is 1. The highest BCUT2D eigenvalue weighted by Crippen LogP contribution is 2.09. The second-order valence-electron chi connectivity index (χ2n) is 4.40. The summed E-state index contributed by atoms with van der Waals surface area (Å²) in [7, 11) is 0. The van der Waals surface area contributed by atoms with Gasteiger partial charge in [0.25, 0.3) is 5.91 Å². The van der Waals surface area contributed by atoms with E-state index in [9.17, 15) is 4.79 Å². The molecular weight excluding hydrogens is 236 g/mol. The minimum Gasteiger partial charge on any atom is -0.294 e. The number of nitrogens with zero attached hydrogens (tertiary/aromatic N) is 2. The number of thioether (sulfide) groups is 1. The molecule has 17 heavy (non-hydrogen) atoms. The smallest absolute Gasteiger partial charge is 0.252 e. The van der Waals surface area contributed by atoms with Gasteiger partial charge >= 0.3 is 0 Å². The molecule has 0 unspecified atom stereocenters. The van der Waals surface area contributed by atoms with Gasteiger partial charge in [0.2, 0.25) is 0 Å². The van der Waals surface area contributed by atoms with Crippen LogP contribution in [0.3, 0.4) is 0 Å². The Bertz CT molecular complexity index is 289. The largest absolute Gasteiger partial charge is 0.294 e. The highest BCUT2D eigenvalue weighted by Gasteiger charge is 2.14. The molecular formula is C11H20N4OS. The molecule has 0 aromatic heterocycles. The summed E-state index contributed by atoms with van der Waals surface area (Å²) in [5, 5.41) is 0.836. The summed E-state index contributed by atoms with van der Waals surface area (Å²) >= 11 is 1.66. The van der Waals surface area contributed by atoms with E-state index in [0.717, 1.165) is 37.0 Å². The van der Waals surface area contributed by atoms with Gasteiger partial charge in [-0.25, -0.2) is 0 Å². The molecule has 6 heteroatoms. The number of likely N-dealkylation sites (tertiary alicyclic amines) is 1. The molecule has 0 radical (unpaired) electrons. The predicted molar refractivity (Wildman–Crippen MR) is 70.9 cm³/mol. The summed E-state index contributed by atoms with van der Waals surface area (Å²) in [5.41, 5.74) is 5.62. The lowest BCUT2D eigenvalue weighted by atomic mass is 10.1. The molecule has 0 atom stereocenters. The molecule has 2 N–H and O–H groups in total. The Morgan fingerprint density at radius 3 is 2.82 bits per heavy atom. The van der Waals surface area contributed by atoms with Crippen molar-refractivity contribution in [2.75, 3.05) is 31.9 Å². The lowest BCUT2D eigenvalue weighted by Gasteiger charge is -2.25. The summed E-state index contributed by atoms with van der Waals surface area (Å²) < 4.78 is 0. The molecule has 1 fully saturated rings. The quantitative estimate of drug-likeness (QED) is 0.710. The van der Waals surface area contributed by atoms with Gasteiger partial charge in [-0.1, -0.05) is 18.2 Å². The highest BCUT2D eigenvalue weighted by atomic mass is 32.2. The first-order chi connectivity index (χ1) is 8.34. The molecule has 2 heterocycles. The van der Waals surface area contributed by atoms with Crippen LogP contribution in [0.15, 0.2) is 4.99 Å². The fourth-order valence-corrected chi connectivity index (χ4v) is 2.79. The number of hydrogen-bond acceptors (Lipinski definition) is 5. The minimum atomic E-state index is 0.0285. The number of nitrogens with one attached hydrogen (secondary N) is 2. The van der Waals surface area contributed by atoms with Crippen LogP contribution in [-0.2, 0) is 4.79 Å². The zero-order chi connectivity index (χ0) is 11.9. The van der Waals surface area contributed by atoms with Crippen LogP contribution in [0.2, 0.25) is 0 Å². The van der Waals surface area contributed by atoms with E-state index in [1.165, 1.54) is 19.3 Å². The Morgan fingerprint density at radius 2 is 2.12 bits per heavy atom. The maximum atomic E-state index is 11.7. The summed E-state index contributed by atoms with van der Waals surface area (Å²) in [6.07, 6.45) is 4.84. The monoisotopic (exact) mass is 256 g/mol. The standard InChI is InChI=1S/C11H20N4OS/c16-10(9-15-6-2-1-3-7-15)13-14-11-12-5-4-8-17-11/h1-9H2,(H,12,14)(H,13,16). The molecule has 0 aliphatic carbocycles. The van der Waals surface area contributed by atoms with Gasteiger partial charge in [-0.15, -0.1) is 0 Å². The fourth-order valence-electron chi connectivity index (χ4n) is 2.02. The molecule has 0 saturated carbocycles. The van der Waals surface area contributed by atoms with Crippen LogP contribution in [-0.4, -0.2) is 47.9 Å². The van der Waals surface area contributed by atoms with E-state index in [2.05, 4.69) is 20.7 Å². The van der Waals surface area contributed by atoms with Gasteiger partial charge in [0.1, 0.15) is 0 Å². The normalized spacial score (nSPS) is 21.8. The van der Waals surface area contributed by atoms with E-state index in [0.29, 0.717) is 6.54 Å². The Balaban J connectivity index is 1.64. The summed E-state index contributed by atoms with van der Waals surface area (Å²) in [6.45, 7) is 3.44. The topological polar surface area (TPSA) is 56.7 Å². The van der Waals surface area contributed by atoms with E-state index in [1.807, 2.05) is 0 Å². The Morgan fingerprint density at radius 1 is 1.29 bits per heavy atom. The number of amidine groups is 1. The number of aliphatic imine (C=N–C) groups is 1. The molecule has 0 spiro atoms. The molecule has 0 aromatic rings.